The summed E-state index contributed by atoms with van der Waals surface area (Å²) in [6.45, 7) is 14.0. The maximum Gasteiger partial charge on any atom is 0.472 e. The summed E-state index contributed by atoms with van der Waals surface area (Å²) in [6.07, 6.45) is 37.7. The van der Waals surface area contributed by atoms with E-state index in [-0.39, 0.29) is 25.7 Å². The minimum Gasteiger partial charge on any atom is -0.462 e. The average Bonchev–Trinajstić information content (AvgIpc) is 3.61. The van der Waals surface area contributed by atoms with Crippen LogP contribution in [0.25, 0.3) is 0 Å². The molecule has 3 N–H and O–H groups in total. The summed E-state index contributed by atoms with van der Waals surface area (Å²) in [4.78, 5) is 72.3. The summed E-state index contributed by atoms with van der Waals surface area (Å²) in [5, 5.41) is 10.6. The maximum absolute atomic E-state index is 13.0. The summed E-state index contributed by atoms with van der Waals surface area (Å²) in [7, 11) is -9.90. The van der Waals surface area contributed by atoms with Gasteiger partial charge in [0.15, 0.2) is 12.2 Å². The molecule has 0 heterocycles. The Labute approximate surface area is 524 Å². The van der Waals surface area contributed by atoms with Crippen molar-refractivity contribution in [1.29, 1.82) is 0 Å². The summed E-state index contributed by atoms with van der Waals surface area (Å²) >= 11 is 0. The van der Waals surface area contributed by atoms with Crippen molar-refractivity contribution in [2.24, 2.45) is 23.7 Å². The Balaban J connectivity index is 5.25. The number of phosphoric acid groups is 2. The standard InChI is InChI=1S/C67H130O17P2/c1-9-60(8)46-38-30-25-26-34-42-50-67(72)84-63(54-77-64(69)47-39-31-22-17-16-20-28-36-44-58(4)5)56-82-86(75,76)80-52-61(68)51-79-85(73,74)81-55-62(53-78-65(70)48-40-32-24-18-21-29-37-45-59(6)7)83-66(71)49-41-33-23-15-13-11-10-12-14-19-27-35-43-57(2)3/h57-63,68H,9-56H2,1-8H3,(H,73,74)(H,75,76)/t60?,61?,62-,63-/m1/s1. The van der Waals surface area contributed by atoms with E-state index in [2.05, 4.69) is 55.4 Å². The first-order valence-corrected chi connectivity index (χ1v) is 37.7. The summed E-state index contributed by atoms with van der Waals surface area (Å²) in [5.74, 6) is 0.791. The summed E-state index contributed by atoms with van der Waals surface area (Å²) in [6, 6.07) is 0. The molecule has 0 fully saturated rings. The third-order valence-corrected chi connectivity index (χ3v) is 17.6. The van der Waals surface area contributed by atoms with E-state index in [1.165, 1.54) is 122 Å². The number of esters is 4. The van der Waals surface area contributed by atoms with Crippen LogP contribution in [0.3, 0.4) is 0 Å². The highest BCUT2D eigenvalue weighted by atomic mass is 31.2. The van der Waals surface area contributed by atoms with Gasteiger partial charge in [-0.2, -0.15) is 0 Å². The summed E-state index contributed by atoms with van der Waals surface area (Å²) < 4.78 is 68.1. The molecule has 0 aromatic heterocycles. The predicted octanol–water partition coefficient (Wildman–Crippen LogP) is 18.5. The zero-order valence-corrected chi connectivity index (χ0v) is 57.7. The Morgan fingerprint density at radius 3 is 0.826 bits per heavy atom. The van der Waals surface area contributed by atoms with Crippen LogP contribution in [0, 0.1) is 23.7 Å². The average molecular weight is 1270 g/mol. The highest BCUT2D eigenvalue weighted by Crippen LogP contribution is 2.45. The van der Waals surface area contributed by atoms with Crippen LogP contribution in [0.1, 0.15) is 325 Å². The van der Waals surface area contributed by atoms with Gasteiger partial charge >= 0.3 is 39.5 Å². The van der Waals surface area contributed by atoms with E-state index in [0.717, 1.165) is 114 Å². The van der Waals surface area contributed by atoms with Gasteiger partial charge in [-0.15, -0.1) is 0 Å². The van der Waals surface area contributed by atoms with E-state index in [0.29, 0.717) is 31.6 Å². The normalized spacial score (nSPS) is 14.7. The molecule has 17 nitrogen and oxygen atoms in total. The van der Waals surface area contributed by atoms with Crippen LogP contribution in [0.2, 0.25) is 0 Å². The summed E-state index contributed by atoms with van der Waals surface area (Å²) in [5.41, 5.74) is 0. The van der Waals surface area contributed by atoms with Crippen LogP contribution in [0.4, 0.5) is 0 Å². The molecular formula is C67H130O17P2. The third kappa shape index (κ3) is 59.7. The fraction of sp³-hybridized carbons (Fsp3) is 0.940. The van der Waals surface area contributed by atoms with Crippen molar-refractivity contribution < 1.29 is 80.2 Å². The van der Waals surface area contributed by atoms with Crippen molar-refractivity contribution in [3.8, 4) is 0 Å². The molecule has 86 heavy (non-hydrogen) atoms. The van der Waals surface area contributed by atoms with Gasteiger partial charge in [0.1, 0.15) is 19.3 Å². The van der Waals surface area contributed by atoms with Crippen molar-refractivity contribution in [3.05, 3.63) is 0 Å². The fourth-order valence-electron chi connectivity index (χ4n) is 9.93. The van der Waals surface area contributed by atoms with E-state index < -0.39 is 97.5 Å². The molecule has 0 radical (unpaired) electrons. The van der Waals surface area contributed by atoms with Gasteiger partial charge in [-0.25, -0.2) is 9.13 Å². The molecule has 0 spiro atoms. The molecule has 4 unspecified atom stereocenters. The SMILES string of the molecule is CCC(C)CCCCCCCCC(=O)O[C@H](COC(=O)CCCCCCCCCCC(C)C)COP(=O)(O)OCC(O)COP(=O)(O)OC[C@@H](COC(=O)CCCCCCCCCC(C)C)OC(=O)CCCCCCCCCCCCCCC(C)C. The number of aliphatic hydroxyl groups is 1. The largest absolute Gasteiger partial charge is 0.472 e. The van der Waals surface area contributed by atoms with Gasteiger partial charge in [-0.05, 0) is 49.4 Å². The monoisotopic (exact) mass is 1270 g/mol. The molecule has 0 aromatic rings. The Hall–Kier alpha value is -1.94. The molecule has 0 amide bonds. The molecule has 0 aliphatic carbocycles. The molecular weight excluding hydrogens is 1140 g/mol. The van der Waals surface area contributed by atoms with Crippen molar-refractivity contribution in [2.45, 2.75) is 343 Å². The number of aliphatic hydroxyl groups excluding tert-OH is 1. The van der Waals surface area contributed by atoms with Crippen molar-refractivity contribution >= 4 is 39.5 Å². The van der Waals surface area contributed by atoms with Gasteiger partial charge in [0.05, 0.1) is 26.4 Å². The van der Waals surface area contributed by atoms with Crippen LogP contribution in [0.5, 0.6) is 0 Å². The van der Waals surface area contributed by atoms with Gasteiger partial charge in [0.25, 0.3) is 0 Å². The van der Waals surface area contributed by atoms with Crippen LogP contribution < -0.4 is 0 Å². The van der Waals surface area contributed by atoms with Gasteiger partial charge in [0.2, 0.25) is 0 Å². The first-order valence-electron chi connectivity index (χ1n) is 34.7. The predicted molar refractivity (Wildman–Crippen MR) is 344 cm³/mol. The lowest BCUT2D eigenvalue weighted by atomic mass is 10.00. The van der Waals surface area contributed by atoms with E-state index >= 15 is 0 Å². The minimum atomic E-state index is -4.95. The van der Waals surface area contributed by atoms with Crippen molar-refractivity contribution in [2.75, 3.05) is 39.6 Å². The molecule has 0 saturated heterocycles. The number of ether oxygens (including phenoxy) is 4. The minimum absolute atomic E-state index is 0.102. The molecule has 6 atom stereocenters. The van der Waals surface area contributed by atoms with Gasteiger partial charge < -0.3 is 33.8 Å². The lowest BCUT2D eigenvalue weighted by Gasteiger charge is -2.21. The van der Waals surface area contributed by atoms with Crippen LogP contribution in [0.15, 0.2) is 0 Å². The Kier molecular flexibility index (Phi) is 55.7. The van der Waals surface area contributed by atoms with E-state index in [4.69, 9.17) is 37.0 Å². The van der Waals surface area contributed by atoms with Gasteiger partial charge in [-0.3, -0.25) is 37.3 Å². The third-order valence-electron chi connectivity index (χ3n) is 15.7. The lowest BCUT2D eigenvalue weighted by molar-refractivity contribution is -0.161. The van der Waals surface area contributed by atoms with Crippen LogP contribution in [-0.2, 0) is 65.4 Å². The topological polar surface area (TPSA) is 237 Å². The number of rotatable bonds is 64. The van der Waals surface area contributed by atoms with E-state index in [1.807, 2.05) is 0 Å². The van der Waals surface area contributed by atoms with Crippen LogP contribution in [-0.4, -0.2) is 96.7 Å². The highest BCUT2D eigenvalue weighted by Gasteiger charge is 2.30. The van der Waals surface area contributed by atoms with E-state index in [1.54, 1.807) is 0 Å². The second-order valence-corrected chi connectivity index (χ2v) is 28.8. The van der Waals surface area contributed by atoms with Crippen molar-refractivity contribution in [3.63, 3.8) is 0 Å². The number of carbonyl (C=O) groups excluding carboxylic acids is 4. The van der Waals surface area contributed by atoms with Gasteiger partial charge in [-0.1, -0.05) is 274 Å². The molecule has 0 bridgehead atoms. The Bertz CT molecular complexity index is 1720. The first-order chi connectivity index (χ1) is 41.1. The molecule has 510 valence electrons. The number of unbranched alkanes of at least 4 members (excludes halogenated alkanes) is 29. The second kappa shape index (κ2) is 57.0. The molecule has 0 aromatic carbocycles. The quantitative estimate of drug-likeness (QED) is 0.0222. The number of hydrogen-bond acceptors (Lipinski definition) is 15. The number of carbonyl (C=O) groups is 4. The molecule has 0 aliphatic rings. The fourth-order valence-corrected chi connectivity index (χ4v) is 11.5. The molecule has 19 heteroatoms. The van der Waals surface area contributed by atoms with Crippen molar-refractivity contribution in [1.82, 2.24) is 0 Å². The molecule has 0 aliphatic heterocycles. The van der Waals surface area contributed by atoms with Gasteiger partial charge in [0, 0.05) is 25.7 Å². The first kappa shape index (κ1) is 84.1. The number of hydrogen-bond donors (Lipinski definition) is 3. The maximum atomic E-state index is 13.0. The smallest absolute Gasteiger partial charge is 0.462 e. The molecule has 0 rings (SSSR count). The molecule has 0 saturated carbocycles. The Morgan fingerprint density at radius 1 is 0.326 bits per heavy atom. The van der Waals surface area contributed by atoms with Crippen LogP contribution >= 0.6 is 15.6 Å². The number of phosphoric ester groups is 2. The zero-order chi connectivity index (χ0) is 63.9. The van der Waals surface area contributed by atoms with E-state index in [9.17, 15) is 43.2 Å². The Morgan fingerprint density at radius 2 is 0.558 bits per heavy atom. The lowest BCUT2D eigenvalue weighted by Crippen LogP contribution is -2.30. The zero-order valence-electron chi connectivity index (χ0n) is 55.9. The second-order valence-electron chi connectivity index (χ2n) is 25.9. The highest BCUT2D eigenvalue weighted by molar-refractivity contribution is 7.47.